The molecule has 0 amide bonds. The van der Waals surface area contributed by atoms with E-state index in [1.54, 1.807) is 24.7 Å². The Kier molecular flexibility index (Phi) is 4.19. The van der Waals surface area contributed by atoms with Gasteiger partial charge in [0, 0.05) is 36.0 Å². The van der Waals surface area contributed by atoms with Gasteiger partial charge in [-0.2, -0.15) is 5.26 Å². The number of aromatic nitrogens is 4. The first-order valence-corrected chi connectivity index (χ1v) is 9.37. The van der Waals surface area contributed by atoms with Gasteiger partial charge in [-0.3, -0.25) is 5.43 Å². The third-order valence-corrected chi connectivity index (χ3v) is 5.28. The Morgan fingerprint density at radius 1 is 1.13 bits per heavy atom. The molecule has 0 saturated carbocycles. The molecule has 3 aromatic rings. The first-order valence-electron chi connectivity index (χ1n) is 9.37. The highest BCUT2D eigenvalue weighted by molar-refractivity contribution is 5.53. The fourth-order valence-corrected chi connectivity index (χ4v) is 3.87. The summed E-state index contributed by atoms with van der Waals surface area (Å²) in [5.41, 5.74) is 15.3. The van der Waals surface area contributed by atoms with Gasteiger partial charge in [0.2, 0.25) is 11.8 Å². The second kappa shape index (κ2) is 7.02. The van der Waals surface area contributed by atoms with Crippen LogP contribution in [0.5, 0.6) is 0 Å². The number of benzene rings is 1. The maximum atomic E-state index is 9.84. The minimum absolute atomic E-state index is 0.0831. The Balaban J connectivity index is 1.59. The van der Waals surface area contributed by atoms with Crippen molar-refractivity contribution in [3.63, 3.8) is 0 Å². The molecular weight excluding hydrogens is 380 g/mol. The molecule has 2 aliphatic rings. The number of rotatable bonds is 3. The van der Waals surface area contributed by atoms with Gasteiger partial charge < -0.3 is 15.0 Å². The fraction of sp³-hybridized carbons (Fsp3) is 0.143. The molecule has 2 unspecified atom stereocenters. The van der Waals surface area contributed by atoms with E-state index in [1.807, 2.05) is 42.0 Å². The van der Waals surface area contributed by atoms with Crippen LogP contribution in [0.2, 0.25) is 0 Å². The van der Waals surface area contributed by atoms with Crippen molar-refractivity contribution >= 4 is 0 Å². The lowest BCUT2D eigenvalue weighted by molar-refractivity contribution is 0.255. The van der Waals surface area contributed by atoms with Gasteiger partial charge in [-0.05, 0) is 30.7 Å². The lowest BCUT2D eigenvalue weighted by Crippen LogP contribution is -2.28. The van der Waals surface area contributed by atoms with Crippen molar-refractivity contribution in [3.8, 4) is 11.8 Å². The second-order valence-electron chi connectivity index (χ2n) is 6.95. The molecule has 1 aromatic carbocycles. The highest BCUT2D eigenvalue weighted by atomic mass is 16.5. The number of nitriles is 1. The van der Waals surface area contributed by atoms with E-state index in [1.165, 1.54) is 0 Å². The molecule has 0 saturated heterocycles. The molecule has 148 valence electrons. The summed E-state index contributed by atoms with van der Waals surface area (Å²) < 4.78 is 7.68. The van der Waals surface area contributed by atoms with Gasteiger partial charge in [0.05, 0.1) is 5.92 Å². The summed E-state index contributed by atoms with van der Waals surface area (Å²) in [4.78, 5) is 13.0. The molecule has 2 aromatic heterocycles. The molecule has 5 rings (SSSR count). The number of aryl methyl sites for hydroxylation is 1. The predicted molar refractivity (Wildman–Crippen MR) is 107 cm³/mol. The van der Waals surface area contributed by atoms with Crippen molar-refractivity contribution < 1.29 is 4.74 Å². The van der Waals surface area contributed by atoms with Gasteiger partial charge >= 0.3 is 0 Å². The zero-order valence-electron chi connectivity index (χ0n) is 16.1. The lowest BCUT2D eigenvalue weighted by atomic mass is 9.81. The molecule has 30 heavy (non-hydrogen) atoms. The zero-order chi connectivity index (χ0) is 20.7. The Morgan fingerprint density at radius 2 is 1.90 bits per heavy atom. The Bertz CT molecular complexity index is 1200. The Morgan fingerprint density at radius 3 is 2.57 bits per heavy atom. The van der Waals surface area contributed by atoms with Crippen LogP contribution < -0.4 is 16.6 Å². The lowest BCUT2D eigenvalue weighted by Gasteiger charge is -2.27. The smallest absolute Gasteiger partial charge is 0.211 e. The molecule has 0 aliphatic carbocycles. The SMILES string of the molecule is Cc1nccn1-c1ccc(C2C(C#N)=C(N)OC3=C2C(c2ncccn2)NN3)cc1. The van der Waals surface area contributed by atoms with E-state index in [9.17, 15) is 5.26 Å². The zero-order valence-corrected chi connectivity index (χ0v) is 16.1. The number of ether oxygens (including phenoxy) is 1. The normalized spacial score (nSPS) is 20.4. The summed E-state index contributed by atoms with van der Waals surface area (Å²) in [5, 5.41) is 9.84. The summed E-state index contributed by atoms with van der Waals surface area (Å²) >= 11 is 0. The molecule has 9 heteroatoms. The summed E-state index contributed by atoms with van der Waals surface area (Å²) in [6, 6.07) is 11.6. The maximum absolute atomic E-state index is 9.84. The van der Waals surface area contributed by atoms with Crippen LogP contribution >= 0.6 is 0 Å². The van der Waals surface area contributed by atoms with Crippen molar-refractivity contribution in [1.29, 1.82) is 5.26 Å². The minimum atomic E-state index is -0.395. The number of hydrazine groups is 1. The topological polar surface area (TPSA) is 127 Å². The first kappa shape index (κ1) is 17.9. The largest absolute Gasteiger partial charge is 0.423 e. The van der Waals surface area contributed by atoms with Crippen LogP contribution in [0.4, 0.5) is 0 Å². The van der Waals surface area contributed by atoms with Gasteiger partial charge in [0.25, 0.3) is 0 Å². The average molecular weight is 398 g/mol. The van der Waals surface area contributed by atoms with Crippen LogP contribution in [0.25, 0.3) is 5.69 Å². The van der Waals surface area contributed by atoms with Crippen LogP contribution in [0.15, 0.2) is 78.0 Å². The van der Waals surface area contributed by atoms with E-state index < -0.39 is 5.92 Å². The summed E-state index contributed by atoms with van der Waals surface area (Å²) in [7, 11) is 0. The van der Waals surface area contributed by atoms with E-state index in [-0.39, 0.29) is 11.9 Å². The fourth-order valence-electron chi connectivity index (χ4n) is 3.87. The minimum Gasteiger partial charge on any atom is -0.423 e. The summed E-state index contributed by atoms with van der Waals surface area (Å²) in [6.45, 7) is 1.95. The Labute approximate surface area is 172 Å². The van der Waals surface area contributed by atoms with Gasteiger partial charge in [-0.15, -0.1) is 0 Å². The number of nitrogens with two attached hydrogens (primary N) is 1. The monoisotopic (exact) mass is 398 g/mol. The van der Waals surface area contributed by atoms with Crippen LogP contribution in [-0.4, -0.2) is 19.5 Å². The van der Waals surface area contributed by atoms with Crippen molar-refractivity contribution in [3.05, 3.63) is 95.2 Å². The standard InChI is InChI=1S/C21H18N8O/c1-12-24-9-10-29(12)14-5-3-13(4-6-14)16-15(11-22)19(23)30-21-17(16)18(27-28-21)20-25-7-2-8-26-20/h2-10,16,18,27-28H,23H2,1H3. The van der Waals surface area contributed by atoms with E-state index in [0.29, 0.717) is 17.3 Å². The molecule has 2 atom stereocenters. The number of hydrogen-bond donors (Lipinski definition) is 3. The number of nitrogens with zero attached hydrogens (tertiary/aromatic N) is 5. The molecule has 0 radical (unpaired) electrons. The summed E-state index contributed by atoms with van der Waals surface area (Å²) in [6.07, 6.45) is 7.03. The van der Waals surface area contributed by atoms with Crippen molar-refractivity contribution in [2.45, 2.75) is 18.9 Å². The molecule has 2 aliphatic heterocycles. The van der Waals surface area contributed by atoms with Crippen molar-refractivity contribution in [2.75, 3.05) is 0 Å². The third kappa shape index (κ3) is 2.78. The summed E-state index contributed by atoms with van der Waals surface area (Å²) in [5.74, 6) is 1.63. The number of allylic oxidation sites excluding steroid dienone is 1. The van der Waals surface area contributed by atoms with Crippen LogP contribution in [0.1, 0.15) is 29.2 Å². The third-order valence-electron chi connectivity index (χ3n) is 5.28. The second-order valence-corrected chi connectivity index (χ2v) is 6.95. The van der Waals surface area contributed by atoms with E-state index >= 15 is 0 Å². The molecule has 4 heterocycles. The van der Waals surface area contributed by atoms with Crippen LogP contribution in [-0.2, 0) is 4.74 Å². The molecule has 9 nitrogen and oxygen atoms in total. The number of hydrogen-bond acceptors (Lipinski definition) is 8. The first-order chi connectivity index (χ1) is 14.7. The maximum Gasteiger partial charge on any atom is 0.211 e. The highest BCUT2D eigenvalue weighted by Crippen LogP contribution is 2.45. The van der Waals surface area contributed by atoms with Crippen LogP contribution in [0, 0.1) is 18.3 Å². The van der Waals surface area contributed by atoms with E-state index in [2.05, 4.69) is 31.9 Å². The highest BCUT2D eigenvalue weighted by Gasteiger charge is 2.42. The number of imidazole rings is 1. The molecule has 0 fully saturated rings. The molecule has 0 spiro atoms. The van der Waals surface area contributed by atoms with Crippen molar-refractivity contribution in [1.82, 2.24) is 30.4 Å². The molecular formula is C21H18N8O. The molecule has 4 N–H and O–H groups in total. The quantitative estimate of drug-likeness (QED) is 0.610. The Hall–Kier alpha value is -4.16. The van der Waals surface area contributed by atoms with Gasteiger partial charge in [-0.25, -0.2) is 20.4 Å². The average Bonchev–Trinajstić information content (AvgIpc) is 3.39. The van der Waals surface area contributed by atoms with Crippen molar-refractivity contribution in [2.24, 2.45) is 5.73 Å². The number of nitrogens with one attached hydrogen (secondary N) is 2. The molecule has 0 bridgehead atoms. The van der Waals surface area contributed by atoms with Gasteiger partial charge in [-0.1, -0.05) is 12.1 Å². The predicted octanol–water partition coefficient (Wildman–Crippen LogP) is 1.84. The van der Waals surface area contributed by atoms with Gasteiger partial charge in [0.15, 0.2) is 5.82 Å². The van der Waals surface area contributed by atoms with Crippen LogP contribution in [0.3, 0.4) is 0 Å². The van der Waals surface area contributed by atoms with Gasteiger partial charge in [0.1, 0.15) is 23.5 Å². The van der Waals surface area contributed by atoms with E-state index in [4.69, 9.17) is 10.5 Å². The van der Waals surface area contributed by atoms with E-state index in [0.717, 1.165) is 22.6 Å².